The van der Waals surface area contributed by atoms with Crippen LogP contribution in [0.15, 0.2) is 54.7 Å². The Hall–Kier alpha value is -2.33. The van der Waals surface area contributed by atoms with E-state index in [0.717, 1.165) is 22.5 Å². The summed E-state index contributed by atoms with van der Waals surface area (Å²) in [6, 6.07) is 12.8. The van der Waals surface area contributed by atoms with Gasteiger partial charge in [0.05, 0.1) is 11.6 Å². The number of fused-ring (bicyclic) bond motifs is 1. The van der Waals surface area contributed by atoms with Gasteiger partial charge in [-0.15, -0.1) is 0 Å². The van der Waals surface area contributed by atoms with Gasteiger partial charge in [-0.25, -0.2) is 8.78 Å². The number of para-hydroxylation sites is 1. The lowest BCUT2D eigenvalue weighted by atomic mass is 9.95. The first-order valence-electron chi connectivity index (χ1n) is 6.66. The van der Waals surface area contributed by atoms with Gasteiger partial charge in [0.2, 0.25) is 0 Å². The average Bonchev–Trinajstić information content (AvgIpc) is 2.50. The van der Waals surface area contributed by atoms with Crippen LogP contribution in [-0.4, -0.2) is 12.0 Å². The Bertz CT molecular complexity index is 781. The highest BCUT2D eigenvalue weighted by Gasteiger charge is 2.18. The van der Waals surface area contributed by atoms with Crippen LogP contribution < -0.4 is 5.32 Å². The molecule has 0 saturated heterocycles. The number of hydrogen-bond donors (Lipinski definition) is 1. The molecule has 1 N–H and O–H groups in total. The Morgan fingerprint density at radius 3 is 2.57 bits per heavy atom. The van der Waals surface area contributed by atoms with Crippen molar-refractivity contribution in [3.8, 4) is 0 Å². The fraction of sp³-hybridized carbons (Fsp3) is 0.118. The van der Waals surface area contributed by atoms with Crippen molar-refractivity contribution in [3.63, 3.8) is 0 Å². The van der Waals surface area contributed by atoms with Gasteiger partial charge in [-0.1, -0.05) is 24.3 Å². The average molecular weight is 284 g/mol. The first-order chi connectivity index (χ1) is 10.2. The molecule has 21 heavy (non-hydrogen) atoms. The van der Waals surface area contributed by atoms with Crippen LogP contribution in [0.2, 0.25) is 0 Å². The van der Waals surface area contributed by atoms with Gasteiger partial charge in [0.25, 0.3) is 0 Å². The zero-order valence-corrected chi connectivity index (χ0v) is 11.5. The summed E-state index contributed by atoms with van der Waals surface area (Å²) >= 11 is 0. The lowest BCUT2D eigenvalue weighted by molar-refractivity contribution is 0.552. The molecule has 0 spiro atoms. The second-order valence-electron chi connectivity index (χ2n) is 4.80. The van der Waals surface area contributed by atoms with Crippen LogP contribution in [0.1, 0.15) is 17.2 Å². The van der Waals surface area contributed by atoms with Gasteiger partial charge in [0.1, 0.15) is 11.6 Å². The number of halogens is 2. The van der Waals surface area contributed by atoms with Crippen LogP contribution in [0.3, 0.4) is 0 Å². The highest BCUT2D eigenvalue weighted by molar-refractivity contribution is 5.82. The first kappa shape index (κ1) is 13.6. The topological polar surface area (TPSA) is 24.9 Å². The maximum atomic E-state index is 14.1. The van der Waals surface area contributed by atoms with E-state index < -0.39 is 11.6 Å². The zero-order chi connectivity index (χ0) is 14.8. The second-order valence-corrected chi connectivity index (χ2v) is 4.80. The first-order valence-corrected chi connectivity index (χ1v) is 6.66. The molecule has 4 heteroatoms. The minimum Gasteiger partial charge on any atom is -0.309 e. The molecule has 1 aromatic heterocycles. The van der Waals surface area contributed by atoms with E-state index >= 15 is 0 Å². The number of hydrogen-bond acceptors (Lipinski definition) is 2. The third-order valence-corrected chi connectivity index (χ3v) is 3.56. The molecule has 0 bridgehead atoms. The van der Waals surface area contributed by atoms with E-state index in [9.17, 15) is 8.78 Å². The minimum atomic E-state index is -0.578. The lowest BCUT2D eigenvalue weighted by Crippen LogP contribution is -2.19. The molecule has 0 amide bonds. The lowest BCUT2D eigenvalue weighted by Gasteiger charge is -2.19. The van der Waals surface area contributed by atoms with Crippen LogP contribution in [-0.2, 0) is 0 Å². The molecular weight excluding hydrogens is 270 g/mol. The van der Waals surface area contributed by atoms with Gasteiger partial charge in [0.15, 0.2) is 0 Å². The van der Waals surface area contributed by atoms with Crippen molar-refractivity contribution >= 4 is 10.9 Å². The molecule has 0 aliphatic heterocycles. The smallest absolute Gasteiger partial charge is 0.131 e. The normalized spacial score (nSPS) is 12.5. The number of nitrogens with one attached hydrogen (secondary N) is 1. The maximum Gasteiger partial charge on any atom is 0.131 e. The summed E-state index contributed by atoms with van der Waals surface area (Å²) in [5, 5.41) is 4.04. The monoisotopic (exact) mass is 284 g/mol. The third-order valence-electron chi connectivity index (χ3n) is 3.56. The van der Waals surface area contributed by atoms with E-state index in [1.807, 2.05) is 30.3 Å². The van der Waals surface area contributed by atoms with Gasteiger partial charge < -0.3 is 5.32 Å². The number of rotatable bonds is 3. The fourth-order valence-electron chi connectivity index (χ4n) is 2.58. The second kappa shape index (κ2) is 5.58. The van der Waals surface area contributed by atoms with Crippen LogP contribution in [0.25, 0.3) is 10.9 Å². The summed E-state index contributed by atoms with van der Waals surface area (Å²) in [6.07, 6.45) is 1.70. The van der Waals surface area contributed by atoms with Crippen molar-refractivity contribution in [2.45, 2.75) is 6.04 Å². The molecule has 2 nitrogen and oxygen atoms in total. The Kier molecular flexibility index (Phi) is 3.62. The molecular formula is C17H14F2N2. The molecule has 0 aliphatic carbocycles. The molecule has 3 aromatic rings. The largest absolute Gasteiger partial charge is 0.309 e. The van der Waals surface area contributed by atoms with Crippen molar-refractivity contribution in [1.82, 2.24) is 10.3 Å². The molecule has 0 radical (unpaired) electrons. The zero-order valence-electron chi connectivity index (χ0n) is 11.5. The summed E-state index contributed by atoms with van der Waals surface area (Å²) < 4.78 is 27.2. The van der Waals surface area contributed by atoms with Crippen LogP contribution >= 0.6 is 0 Å². The van der Waals surface area contributed by atoms with Gasteiger partial charge >= 0.3 is 0 Å². The van der Waals surface area contributed by atoms with E-state index in [4.69, 9.17) is 0 Å². The SMILES string of the molecule is CNC(c1ccc(F)cc1F)c1ccnc2ccccc12. The molecule has 0 saturated carbocycles. The number of aromatic nitrogens is 1. The van der Waals surface area contributed by atoms with Crippen molar-refractivity contribution < 1.29 is 8.78 Å². The van der Waals surface area contributed by atoms with Gasteiger partial charge in [-0.2, -0.15) is 0 Å². The summed E-state index contributed by atoms with van der Waals surface area (Å²) in [5.74, 6) is -1.14. The van der Waals surface area contributed by atoms with Crippen LogP contribution in [0.5, 0.6) is 0 Å². The van der Waals surface area contributed by atoms with Gasteiger partial charge in [-0.3, -0.25) is 4.98 Å². The maximum absolute atomic E-state index is 14.1. The van der Waals surface area contributed by atoms with Gasteiger partial charge in [0, 0.05) is 23.2 Å². The molecule has 106 valence electrons. The van der Waals surface area contributed by atoms with Crippen molar-refractivity contribution in [2.24, 2.45) is 0 Å². The third kappa shape index (κ3) is 2.50. The molecule has 0 aliphatic rings. The summed E-state index contributed by atoms with van der Waals surface area (Å²) in [5.41, 5.74) is 2.17. The Morgan fingerprint density at radius 1 is 1.00 bits per heavy atom. The van der Waals surface area contributed by atoms with Crippen molar-refractivity contribution in [1.29, 1.82) is 0 Å². The molecule has 1 unspecified atom stereocenters. The standard InChI is InChI=1S/C17H14F2N2/c1-20-17(14-7-6-11(18)10-15(14)19)13-8-9-21-16-5-3-2-4-12(13)16/h2-10,17,20H,1H3. The minimum absolute atomic E-state index is 0.363. The predicted molar refractivity (Wildman–Crippen MR) is 79.0 cm³/mol. The van der Waals surface area contributed by atoms with E-state index in [2.05, 4.69) is 10.3 Å². The highest BCUT2D eigenvalue weighted by atomic mass is 19.1. The van der Waals surface area contributed by atoms with Crippen molar-refractivity contribution in [3.05, 3.63) is 77.5 Å². The molecule has 1 heterocycles. The van der Waals surface area contributed by atoms with E-state index in [1.165, 1.54) is 12.1 Å². The Morgan fingerprint density at radius 2 is 1.81 bits per heavy atom. The van der Waals surface area contributed by atoms with Crippen LogP contribution in [0, 0.1) is 11.6 Å². The summed E-state index contributed by atoms with van der Waals surface area (Å²) in [4.78, 5) is 4.31. The molecule has 3 rings (SSSR count). The van der Waals surface area contributed by atoms with Gasteiger partial charge in [-0.05, 0) is 30.8 Å². The Labute approximate surface area is 121 Å². The number of pyridine rings is 1. The molecule has 0 fully saturated rings. The fourth-order valence-corrected chi connectivity index (χ4v) is 2.58. The summed E-state index contributed by atoms with van der Waals surface area (Å²) in [6.45, 7) is 0. The van der Waals surface area contributed by atoms with Crippen LogP contribution in [0.4, 0.5) is 8.78 Å². The molecule has 1 atom stereocenters. The van der Waals surface area contributed by atoms with E-state index in [1.54, 1.807) is 13.2 Å². The van der Waals surface area contributed by atoms with E-state index in [0.29, 0.717) is 5.56 Å². The number of benzene rings is 2. The molecule has 2 aromatic carbocycles. The predicted octanol–water partition coefficient (Wildman–Crippen LogP) is 3.82. The summed E-state index contributed by atoms with van der Waals surface area (Å²) in [7, 11) is 1.75. The quantitative estimate of drug-likeness (QED) is 0.791. The highest BCUT2D eigenvalue weighted by Crippen LogP contribution is 2.29. The van der Waals surface area contributed by atoms with Crippen molar-refractivity contribution in [2.75, 3.05) is 7.05 Å². The Balaban J connectivity index is 2.18. The number of nitrogens with zero attached hydrogens (tertiary/aromatic N) is 1. The van der Waals surface area contributed by atoms with E-state index in [-0.39, 0.29) is 6.04 Å².